The number of nitrogens with one attached hydrogen (secondary N) is 1. The van der Waals surface area contributed by atoms with Crippen molar-refractivity contribution in [3.63, 3.8) is 0 Å². The molecule has 1 N–H and O–H groups in total. The number of sulfonamides is 1. The second-order valence-electron chi connectivity index (χ2n) is 9.33. The average Bonchev–Trinajstić information content (AvgIpc) is 3.39. The van der Waals surface area contributed by atoms with Crippen molar-refractivity contribution in [3.8, 4) is 5.75 Å². The van der Waals surface area contributed by atoms with Crippen LogP contribution in [0, 0.1) is 0 Å². The van der Waals surface area contributed by atoms with Gasteiger partial charge in [0.05, 0.1) is 24.6 Å². The van der Waals surface area contributed by atoms with Gasteiger partial charge < -0.3 is 15.0 Å². The molecule has 0 bridgehead atoms. The Morgan fingerprint density at radius 3 is 2.42 bits per heavy atom. The molecule has 0 fully saturated rings. The fourth-order valence-electron chi connectivity index (χ4n) is 4.69. The zero-order valence-electron chi connectivity index (χ0n) is 22.0. The highest BCUT2D eigenvalue weighted by molar-refractivity contribution is 7.89. The van der Waals surface area contributed by atoms with Crippen molar-refractivity contribution in [1.29, 1.82) is 0 Å². The van der Waals surface area contributed by atoms with Crippen molar-refractivity contribution < 1.29 is 22.7 Å². The number of rotatable bonds is 9. The number of carbonyl (C=O) groups is 2. The van der Waals surface area contributed by atoms with E-state index in [1.165, 1.54) is 28.2 Å². The van der Waals surface area contributed by atoms with E-state index in [0.717, 1.165) is 23.3 Å². The van der Waals surface area contributed by atoms with Crippen LogP contribution < -0.4 is 10.1 Å². The maximum atomic E-state index is 13.9. The second-order valence-corrected chi connectivity index (χ2v) is 12.2. The van der Waals surface area contributed by atoms with Crippen LogP contribution in [0.2, 0.25) is 0 Å². The van der Waals surface area contributed by atoms with E-state index >= 15 is 0 Å². The number of fused-ring (bicyclic) bond motifs is 1. The number of nitrogens with zero attached hydrogens (tertiary/aromatic N) is 2. The molecular weight excluding hydrogens is 522 g/mol. The molecule has 2 unspecified atom stereocenters. The van der Waals surface area contributed by atoms with E-state index < -0.39 is 10.0 Å². The van der Waals surface area contributed by atoms with Crippen LogP contribution >= 0.6 is 11.3 Å². The zero-order valence-corrected chi connectivity index (χ0v) is 23.6. The summed E-state index contributed by atoms with van der Waals surface area (Å²) in [4.78, 5) is 28.3. The Hall–Kier alpha value is -3.21. The summed E-state index contributed by atoms with van der Waals surface area (Å²) in [7, 11) is -2.36. The van der Waals surface area contributed by atoms with E-state index in [-0.39, 0.29) is 35.3 Å². The van der Waals surface area contributed by atoms with Crippen LogP contribution in [0.3, 0.4) is 0 Å². The van der Waals surface area contributed by atoms with E-state index in [2.05, 4.69) is 5.32 Å². The number of thiophene rings is 1. The van der Waals surface area contributed by atoms with Crippen molar-refractivity contribution in [2.24, 2.45) is 0 Å². The van der Waals surface area contributed by atoms with E-state index in [0.29, 0.717) is 18.7 Å². The molecule has 3 aromatic rings. The fraction of sp³-hybridized carbons (Fsp3) is 0.357. The lowest BCUT2D eigenvalue weighted by atomic mass is 9.93. The van der Waals surface area contributed by atoms with Gasteiger partial charge in [0.15, 0.2) is 0 Å². The van der Waals surface area contributed by atoms with Gasteiger partial charge in [0.1, 0.15) is 5.75 Å². The Labute approximate surface area is 228 Å². The lowest BCUT2D eigenvalue weighted by Gasteiger charge is -2.38. The van der Waals surface area contributed by atoms with Crippen LogP contribution in [0.25, 0.3) is 0 Å². The van der Waals surface area contributed by atoms with Crippen LogP contribution in [0.5, 0.6) is 5.75 Å². The van der Waals surface area contributed by atoms with Gasteiger partial charge in [-0.25, -0.2) is 8.42 Å². The third kappa shape index (κ3) is 5.77. The van der Waals surface area contributed by atoms with Gasteiger partial charge in [-0.15, -0.1) is 11.3 Å². The number of methoxy groups -OCH3 is 1. The lowest BCUT2D eigenvalue weighted by molar-refractivity contribution is -0.133. The van der Waals surface area contributed by atoms with Crippen molar-refractivity contribution in [2.45, 2.75) is 50.6 Å². The summed E-state index contributed by atoms with van der Waals surface area (Å²) in [5.41, 5.74) is 2.53. The van der Waals surface area contributed by atoms with E-state index in [9.17, 15) is 18.0 Å². The second kappa shape index (κ2) is 11.7. The number of benzene rings is 2. The van der Waals surface area contributed by atoms with Crippen molar-refractivity contribution in [3.05, 3.63) is 76.0 Å². The summed E-state index contributed by atoms with van der Waals surface area (Å²) in [6, 6.07) is 15.0. The summed E-state index contributed by atoms with van der Waals surface area (Å²) >= 11 is 1.68. The molecule has 8 nitrogen and oxygen atoms in total. The topological polar surface area (TPSA) is 96.0 Å². The highest BCUT2D eigenvalue weighted by Gasteiger charge is 2.37. The molecule has 1 aliphatic rings. The summed E-state index contributed by atoms with van der Waals surface area (Å²) < 4.78 is 34.0. The predicted octanol–water partition coefficient (Wildman–Crippen LogP) is 4.68. The molecule has 0 spiro atoms. The van der Waals surface area contributed by atoms with Crippen molar-refractivity contribution >= 4 is 38.9 Å². The maximum absolute atomic E-state index is 13.9. The molecule has 0 saturated carbocycles. The molecule has 2 amide bonds. The summed E-state index contributed by atoms with van der Waals surface area (Å²) in [6.07, 6.45) is 1.28. The molecule has 2 heterocycles. The van der Waals surface area contributed by atoms with Crippen molar-refractivity contribution in [2.75, 3.05) is 25.5 Å². The fourth-order valence-corrected chi connectivity index (χ4v) is 7.24. The van der Waals surface area contributed by atoms with Gasteiger partial charge in [0, 0.05) is 30.1 Å². The Balaban J connectivity index is 1.64. The van der Waals surface area contributed by atoms with E-state index in [1.807, 2.05) is 49.6 Å². The minimum Gasteiger partial charge on any atom is -0.497 e. The van der Waals surface area contributed by atoms with Gasteiger partial charge in [0.25, 0.3) is 0 Å². The van der Waals surface area contributed by atoms with Gasteiger partial charge in [-0.3, -0.25) is 9.59 Å². The molecule has 0 aliphatic carbocycles. The van der Waals surface area contributed by atoms with Gasteiger partial charge in [-0.1, -0.05) is 19.1 Å². The largest absolute Gasteiger partial charge is 0.497 e. The zero-order chi connectivity index (χ0) is 27.4. The van der Waals surface area contributed by atoms with Crippen LogP contribution in [-0.2, 0) is 26.0 Å². The Morgan fingerprint density at radius 1 is 1.13 bits per heavy atom. The monoisotopic (exact) mass is 555 g/mol. The number of amides is 2. The van der Waals surface area contributed by atoms with Crippen LogP contribution in [0.4, 0.5) is 5.69 Å². The normalized spacial score (nSPS) is 16.1. The molecular formula is C28H33N3O5S2. The number of carbonyl (C=O) groups excluding carboxylic acids is 2. The summed E-state index contributed by atoms with van der Waals surface area (Å²) in [5, 5.41) is 4.68. The van der Waals surface area contributed by atoms with Crippen LogP contribution in [-0.4, -0.2) is 55.7 Å². The molecule has 202 valence electrons. The summed E-state index contributed by atoms with van der Waals surface area (Å²) in [6.45, 7) is 5.33. The molecule has 2 atom stereocenters. The molecule has 38 heavy (non-hydrogen) atoms. The SMILES string of the molecule is CCC(C)N(CC(=O)N1CCc2sccc2C1c1ccc(OC)cc1)S(=O)(=O)c1ccc(NC(C)=O)cc1. The average molecular weight is 556 g/mol. The van der Waals surface area contributed by atoms with Gasteiger partial charge in [0.2, 0.25) is 21.8 Å². The first-order valence-electron chi connectivity index (χ1n) is 12.5. The third-order valence-electron chi connectivity index (χ3n) is 6.87. The molecule has 10 heteroatoms. The third-order valence-corrected chi connectivity index (χ3v) is 9.84. The van der Waals surface area contributed by atoms with Crippen molar-refractivity contribution in [1.82, 2.24) is 9.21 Å². The highest BCUT2D eigenvalue weighted by atomic mass is 32.2. The Morgan fingerprint density at radius 2 is 1.82 bits per heavy atom. The first-order valence-corrected chi connectivity index (χ1v) is 14.9. The molecule has 0 radical (unpaired) electrons. The summed E-state index contributed by atoms with van der Waals surface area (Å²) in [5.74, 6) is 0.238. The highest BCUT2D eigenvalue weighted by Crippen LogP contribution is 2.38. The van der Waals surface area contributed by atoms with E-state index in [4.69, 9.17) is 4.74 Å². The first kappa shape index (κ1) is 27.8. The van der Waals surface area contributed by atoms with Gasteiger partial charge >= 0.3 is 0 Å². The molecule has 0 saturated heterocycles. The lowest BCUT2D eigenvalue weighted by Crippen LogP contribution is -2.49. The minimum absolute atomic E-state index is 0.0742. The Bertz CT molecular complexity index is 1380. The predicted molar refractivity (Wildman–Crippen MR) is 149 cm³/mol. The minimum atomic E-state index is -3.97. The standard InChI is InChI=1S/C28H33N3O5S2/c1-5-19(2)31(38(34,35)24-12-8-22(9-13-24)29-20(3)32)18-27(33)30-16-14-26-25(15-17-37-26)28(30)21-6-10-23(36-4)11-7-21/h6-13,15,17,19,28H,5,14,16,18H2,1-4H3,(H,29,32). The first-order chi connectivity index (χ1) is 18.1. The van der Waals surface area contributed by atoms with E-state index in [1.54, 1.807) is 35.5 Å². The van der Waals surface area contributed by atoms with Crippen LogP contribution in [0.15, 0.2) is 64.9 Å². The Kier molecular flexibility index (Phi) is 8.54. The maximum Gasteiger partial charge on any atom is 0.243 e. The number of hydrogen-bond donors (Lipinski definition) is 1. The number of hydrogen-bond acceptors (Lipinski definition) is 6. The molecule has 1 aromatic heterocycles. The number of anilines is 1. The van der Waals surface area contributed by atoms with Gasteiger partial charge in [-0.05, 0) is 78.7 Å². The molecule has 2 aromatic carbocycles. The molecule has 4 rings (SSSR count). The van der Waals surface area contributed by atoms with Gasteiger partial charge in [-0.2, -0.15) is 4.31 Å². The molecule has 1 aliphatic heterocycles. The number of ether oxygens (including phenoxy) is 1. The smallest absolute Gasteiger partial charge is 0.243 e. The quantitative estimate of drug-likeness (QED) is 0.414. The van der Waals surface area contributed by atoms with Crippen LogP contribution in [0.1, 0.15) is 49.2 Å².